The number of benzene rings is 1. The molecule has 5 heterocycles. The molecule has 2 saturated carbocycles. The molecule has 1 aliphatic heterocycles. The van der Waals surface area contributed by atoms with Crippen molar-refractivity contribution >= 4 is 52.1 Å². The number of pyridine rings is 1. The standard InChI is InChI=1S/C52H66F2N10O9/c1-31(65)36(11-8-24-71-23-7-10-34-9-6-12-40-45(34)61(5)50(69)64(40)41-19-20-43(66)59-48(41)68)27-55-26-32-15-17-37(18-16-32)63-29-38(44(60-63)46(53)54)57-47(67)39-30-72-49(58-39)35-21-22-56-42(25-35)62(28-33-13-14-33)51(70)73-52(2,3)4/h6,9,12,21-22,25,29-30,32-33,36-37,41,46,55H,7-8,10-11,13-20,23-24,26-28H2,1-5H3,(H,57,67)(H,59,66,68). The Labute approximate surface area is 421 Å². The Kier molecular flexibility index (Phi) is 16.7. The molecular weight excluding hydrogens is 947 g/mol. The molecule has 392 valence electrons. The van der Waals surface area contributed by atoms with Crippen molar-refractivity contribution < 1.29 is 46.6 Å². The number of oxazole rings is 1. The van der Waals surface area contributed by atoms with Gasteiger partial charge < -0.3 is 24.5 Å². The van der Waals surface area contributed by atoms with Gasteiger partial charge in [-0.15, -0.1) is 0 Å². The van der Waals surface area contributed by atoms with Gasteiger partial charge in [0.25, 0.3) is 12.3 Å². The zero-order valence-corrected chi connectivity index (χ0v) is 42.2. The van der Waals surface area contributed by atoms with E-state index in [2.05, 4.69) is 31.0 Å². The normalized spacial score (nSPS) is 18.8. The van der Waals surface area contributed by atoms with Gasteiger partial charge in [0.1, 0.15) is 29.5 Å². The van der Waals surface area contributed by atoms with Gasteiger partial charge in [-0.05, 0) is 140 Å². The fraction of sp³-hybridized carbons (Fsp3) is 0.558. The summed E-state index contributed by atoms with van der Waals surface area (Å²) in [5.74, 6) is -0.509. The minimum atomic E-state index is -2.94. The van der Waals surface area contributed by atoms with Gasteiger partial charge in [-0.25, -0.2) is 28.3 Å². The summed E-state index contributed by atoms with van der Waals surface area (Å²) in [5.41, 5.74) is 1.04. The average Bonchev–Trinajstić information content (AvgIpc) is 3.73. The van der Waals surface area contributed by atoms with Crippen molar-refractivity contribution in [2.24, 2.45) is 24.8 Å². The fourth-order valence-electron chi connectivity index (χ4n) is 9.76. The van der Waals surface area contributed by atoms with Crippen LogP contribution < -0.4 is 26.5 Å². The topological polar surface area (TPSA) is 227 Å². The zero-order chi connectivity index (χ0) is 52.0. The van der Waals surface area contributed by atoms with E-state index >= 15 is 0 Å². The van der Waals surface area contributed by atoms with Gasteiger partial charge in [0.2, 0.25) is 17.7 Å². The zero-order valence-electron chi connectivity index (χ0n) is 42.2. The van der Waals surface area contributed by atoms with Gasteiger partial charge >= 0.3 is 11.8 Å². The molecule has 3 aliphatic rings. The first-order chi connectivity index (χ1) is 34.9. The van der Waals surface area contributed by atoms with Crippen LogP contribution >= 0.6 is 0 Å². The molecule has 21 heteroatoms. The van der Waals surface area contributed by atoms with Gasteiger partial charge in [0.05, 0.1) is 22.8 Å². The van der Waals surface area contributed by atoms with Crippen LogP contribution in [0.4, 0.5) is 25.1 Å². The molecule has 2 aliphatic carbocycles. The molecule has 8 rings (SSSR count). The van der Waals surface area contributed by atoms with Crippen LogP contribution in [0.5, 0.6) is 0 Å². The fourth-order valence-corrected chi connectivity index (χ4v) is 9.76. The molecule has 4 aromatic heterocycles. The van der Waals surface area contributed by atoms with Gasteiger partial charge in [-0.1, -0.05) is 12.1 Å². The maximum absolute atomic E-state index is 14.3. The van der Waals surface area contributed by atoms with E-state index in [0.29, 0.717) is 100 Å². The largest absolute Gasteiger partial charge is 0.444 e. The maximum Gasteiger partial charge on any atom is 0.416 e. The van der Waals surface area contributed by atoms with E-state index in [4.69, 9.17) is 13.9 Å². The number of carbonyl (C=O) groups is 5. The third-order valence-electron chi connectivity index (χ3n) is 13.8. The molecule has 19 nitrogen and oxygen atoms in total. The molecule has 1 saturated heterocycles. The molecule has 73 heavy (non-hydrogen) atoms. The predicted octanol–water partition coefficient (Wildman–Crippen LogP) is 7.86. The lowest BCUT2D eigenvalue weighted by Crippen LogP contribution is -2.44. The lowest BCUT2D eigenvalue weighted by Gasteiger charge is -2.29. The third kappa shape index (κ3) is 13.1. The van der Waals surface area contributed by atoms with Crippen LogP contribution in [-0.2, 0) is 37.3 Å². The van der Waals surface area contributed by atoms with E-state index in [0.717, 1.165) is 43.0 Å². The minimum absolute atomic E-state index is 0.0811. The number of nitrogens with one attached hydrogen (secondary N) is 3. The number of piperidine rings is 1. The van der Waals surface area contributed by atoms with Crippen LogP contribution in [0.2, 0.25) is 0 Å². The van der Waals surface area contributed by atoms with Crippen LogP contribution in [0.25, 0.3) is 22.5 Å². The number of fused-ring (bicyclic) bond motifs is 1. The third-order valence-corrected chi connectivity index (χ3v) is 13.8. The highest BCUT2D eigenvalue weighted by atomic mass is 19.3. The Morgan fingerprint density at radius 3 is 2.47 bits per heavy atom. The smallest absolute Gasteiger partial charge is 0.416 e. The molecule has 0 bridgehead atoms. The van der Waals surface area contributed by atoms with Crippen molar-refractivity contribution in [3.63, 3.8) is 0 Å². The van der Waals surface area contributed by atoms with Crippen molar-refractivity contribution in [1.29, 1.82) is 0 Å². The Balaban J connectivity index is 0.761. The number of para-hydroxylation sites is 1. The SMILES string of the molecule is CC(=O)C(CCCOCCCc1cccc2c1n(C)c(=O)n2C1CCC(=O)NC1=O)CNCC1CCC(n2cc(NC(=O)c3coc(-c4ccnc(N(CC5CC5)C(=O)OC(C)(C)C)c4)n3)c(C(F)F)n2)CC1. The van der Waals surface area contributed by atoms with Gasteiger partial charge in [-0.2, -0.15) is 5.10 Å². The lowest BCUT2D eigenvalue weighted by molar-refractivity contribution is -0.135. The van der Waals surface area contributed by atoms with E-state index in [9.17, 15) is 37.5 Å². The van der Waals surface area contributed by atoms with Gasteiger partial charge in [0.15, 0.2) is 11.4 Å². The second-order valence-corrected chi connectivity index (χ2v) is 20.6. The van der Waals surface area contributed by atoms with Crippen LogP contribution in [0.3, 0.4) is 0 Å². The Morgan fingerprint density at radius 2 is 1.75 bits per heavy atom. The Bertz CT molecular complexity index is 2850. The number of anilines is 2. The second-order valence-electron chi connectivity index (χ2n) is 20.6. The van der Waals surface area contributed by atoms with Crippen LogP contribution in [0.15, 0.2) is 58.2 Å². The minimum Gasteiger partial charge on any atom is -0.444 e. The van der Waals surface area contributed by atoms with E-state index in [1.165, 1.54) is 26.5 Å². The van der Waals surface area contributed by atoms with Crippen molar-refractivity contribution in [2.45, 2.75) is 129 Å². The van der Waals surface area contributed by atoms with E-state index in [1.54, 1.807) is 51.4 Å². The summed E-state index contributed by atoms with van der Waals surface area (Å²) in [4.78, 5) is 86.9. The molecule has 3 fully saturated rings. The number of carbonyl (C=O) groups excluding carboxylic acids is 5. The molecule has 0 spiro atoms. The molecule has 2 atom stereocenters. The van der Waals surface area contributed by atoms with E-state index in [1.807, 2.05) is 18.2 Å². The monoisotopic (exact) mass is 1010 g/mol. The Hall–Kier alpha value is -6.61. The first-order valence-corrected chi connectivity index (χ1v) is 25.4. The van der Waals surface area contributed by atoms with E-state index in [-0.39, 0.29) is 59.5 Å². The molecule has 5 aromatic rings. The number of Topliss-reactive ketones (excluding diaryl/α,β-unsaturated/α-hetero) is 1. The van der Waals surface area contributed by atoms with Gasteiger partial charge in [0, 0.05) is 63.6 Å². The first-order valence-electron chi connectivity index (χ1n) is 25.4. The van der Waals surface area contributed by atoms with Crippen molar-refractivity contribution in [3.05, 3.63) is 76.4 Å². The highest BCUT2D eigenvalue weighted by Gasteiger charge is 2.34. The van der Waals surface area contributed by atoms with Crippen LogP contribution in [0.1, 0.15) is 139 Å². The number of hydrogen-bond acceptors (Lipinski definition) is 13. The summed E-state index contributed by atoms with van der Waals surface area (Å²) in [7, 11) is 1.69. The molecule has 3 N–H and O–H groups in total. The molecule has 1 aromatic carbocycles. The highest BCUT2D eigenvalue weighted by molar-refractivity contribution is 6.03. The predicted molar refractivity (Wildman–Crippen MR) is 266 cm³/mol. The highest BCUT2D eigenvalue weighted by Crippen LogP contribution is 2.36. The van der Waals surface area contributed by atoms with Crippen LogP contribution in [0, 0.1) is 17.8 Å². The molecule has 4 amide bonds. The molecular formula is C52H66F2N10O9. The maximum atomic E-state index is 14.3. The number of imide groups is 1. The summed E-state index contributed by atoms with van der Waals surface area (Å²) in [5, 5.41) is 12.6. The number of aromatic nitrogens is 6. The number of aryl methyl sites for hydroxylation is 2. The Morgan fingerprint density at radius 1 is 1.00 bits per heavy atom. The van der Waals surface area contributed by atoms with Crippen molar-refractivity contribution in [2.75, 3.05) is 43.1 Å². The second kappa shape index (κ2) is 23.1. The van der Waals surface area contributed by atoms with Crippen molar-refractivity contribution in [3.8, 4) is 11.5 Å². The number of halogens is 2. The lowest BCUT2D eigenvalue weighted by atomic mass is 9.86. The number of nitrogens with zero attached hydrogens (tertiary/aromatic N) is 7. The first kappa shape index (κ1) is 52.7. The summed E-state index contributed by atoms with van der Waals surface area (Å²) in [6.07, 6.45) is 8.90. The van der Waals surface area contributed by atoms with Gasteiger partial charge in [-0.3, -0.25) is 43.2 Å². The molecule has 2 unspecified atom stereocenters. The number of ketones is 1. The summed E-state index contributed by atoms with van der Waals surface area (Å²) in [6.45, 7) is 9.68. The van der Waals surface area contributed by atoms with Crippen LogP contribution in [-0.4, -0.2) is 96.9 Å². The van der Waals surface area contributed by atoms with E-state index < -0.39 is 41.7 Å². The number of rotatable bonds is 22. The number of alkyl halides is 2. The number of ether oxygens (including phenoxy) is 2. The summed E-state index contributed by atoms with van der Waals surface area (Å²) in [6, 6.07) is 8.03. The number of amides is 4. The van der Waals surface area contributed by atoms with Crippen molar-refractivity contribution in [1.82, 2.24) is 39.5 Å². The summed E-state index contributed by atoms with van der Waals surface area (Å²) < 4.78 is 50.4. The average molecular weight is 1010 g/mol. The summed E-state index contributed by atoms with van der Waals surface area (Å²) >= 11 is 0. The molecule has 0 radical (unpaired) electrons. The number of hydrogen-bond donors (Lipinski definition) is 3. The quantitative estimate of drug-likeness (QED) is 0.0444. The number of imidazole rings is 1.